The molecule has 1 saturated carbocycles. The van der Waals surface area contributed by atoms with E-state index in [1.807, 2.05) is 20.8 Å². The molecule has 1 heterocycles. The normalized spacial score (nSPS) is 23.8. The van der Waals surface area contributed by atoms with E-state index in [2.05, 4.69) is 20.3 Å². The number of rotatable bonds is 4. The van der Waals surface area contributed by atoms with E-state index in [0.29, 0.717) is 17.9 Å². The molecular weight excluding hydrogens is 289 g/mol. The van der Waals surface area contributed by atoms with Gasteiger partial charge in [0.15, 0.2) is 0 Å². The van der Waals surface area contributed by atoms with E-state index in [9.17, 15) is 4.79 Å². The molecule has 2 atom stereocenters. The number of aromatic nitrogens is 2. The second kappa shape index (κ2) is 5.13. The first kappa shape index (κ1) is 14.3. The first-order valence-corrected chi connectivity index (χ1v) is 6.78. The van der Waals surface area contributed by atoms with Gasteiger partial charge in [-0.3, -0.25) is 4.79 Å². The van der Waals surface area contributed by atoms with Crippen LogP contribution in [0.15, 0.2) is 15.2 Å². The summed E-state index contributed by atoms with van der Waals surface area (Å²) in [6, 6.07) is 0. The van der Waals surface area contributed by atoms with E-state index in [-0.39, 0.29) is 27.6 Å². The smallest absolute Gasteiger partial charge is 0.229 e. The monoisotopic (exact) mass is 303 g/mol. The molecule has 1 aliphatic rings. The Morgan fingerprint density at radius 3 is 2.74 bits per heavy atom. The third kappa shape index (κ3) is 2.77. The molecule has 5 nitrogen and oxygen atoms in total. The molecule has 0 bridgehead atoms. The quantitative estimate of drug-likeness (QED) is 0.927. The molecule has 0 saturated heterocycles. The molecular formula is C12H15Cl2N3O2. The van der Waals surface area contributed by atoms with Crippen LogP contribution in [0.25, 0.3) is 0 Å². The minimum absolute atomic E-state index is 0.0300. The average Bonchev–Trinajstić information content (AvgIpc) is 2.69. The fraction of sp³-hybridized carbons (Fsp3) is 0.583. The van der Waals surface area contributed by atoms with Crippen LogP contribution in [0, 0.1) is 17.3 Å². The molecule has 0 aromatic carbocycles. The molecule has 2 rings (SSSR count). The summed E-state index contributed by atoms with van der Waals surface area (Å²) in [6.07, 6.45) is 2.35. The number of allylic oxidation sites excluding steroid dienone is 1. The van der Waals surface area contributed by atoms with Gasteiger partial charge >= 0.3 is 0 Å². The lowest BCUT2D eigenvalue weighted by molar-refractivity contribution is -0.118. The second-order valence-corrected chi connectivity index (χ2v) is 6.19. The molecule has 2 unspecified atom stereocenters. The van der Waals surface area contributed by atoms with Crippen molar-refractivity contribution in [2.75, 3.05) is 5.32 Å². The zero-order chi connectivity index (χ0) is 14.2. The number of nitrogens with zero attached hydrogens (tertiary/aromatic N) is 2. The van der Waals surface area contributed by atoms with Gasteiger partial charge in [-0.05, 0) is 29.0 Å². The zero-order valence-electron chi connectivity index (χ0n) is 10.9. The van der Waals surface area contributed by atoms with Crippen LogP contribution in [0.5, 0.6) is 0 Å². The maximum absolute atomic E-state index is 12.2. The highest BCUT2D eigenvalue weighted by molar-refractivity contribution is 6.55. The number of nitrogens with one attached hydrogen (secondary N) is 1. The van der Waals surface area contributed by atoms with E-state index < -0.39 is 0 Å². The summed E-state index contributed by atoms with van der Waals surface area (Å²) in [5, 5.41) is 10.1. The largest absolute Gasteiger partial charge is 0.306 e. The Hall–Kier alpha value is -1.07. The lowest BCUT2D eigenvalue weighted by Crippen LogP contribution is -2.18. The van der Waals surface area contributed by atoms with Gasteiger partial charge < -0.3 is 5.32 Å². The van der Waals surface area contributed by atoms with Gasteiger partial charge in [0, 0.05) is 0 Å². The van der Waals surface area contributed by atoms with E-state index in [0.717, 1.165) is 0 Å². The number of carbonyl (C=O) groups is 1. The molecule has 1 aromatic heterocycles. The van der Waals surface area contributed by atoms with Crippen molar-refractivity contribution >= 4 is 34.9 Å². The van der Waals surface area contributed by atoms with Gasteiger partial charge in [-0.25, -0.2) is 4.63 Å². The molecule has 0 spiro atoms. The van der Waals surface area contributed by atoms with Crippen molar-refractivity contribution in [2.24, 2.45) is 17.3 Å². The Labute approximate surface area is 121 Å². The van der Waals surface area contributed by atoms with Crippen LogP contribution in [-0.2, 0) is 11.2 Å². The zero-order valence-corrected chi connectivity index (χ0v) is 12.4. The van der Waals surface area contributed by atoms with Gasteiger partial charge in [0.05, 0.1) is 5.92 Å². The third-order valence-electron chi connectivity index (χ3n) is 3.63. The maximum atomic E-state index is 12.2. The van der Waals surface area contributed by atoms with Crippen molar-refractivity contribution < 1.29 is 9.42 Å². The number of amides is 1. The van der Waals surface area contributed by atoms with Gasteiger partial charge in [0.1, 0.15) is 10.2 Å². The summed E-state index contributed by atoms with van der Waals surface area (Å²) in [6.45, 7) is 5.91. The van der Waals surface area contributed by atoms with Crippen molar-refractivity contribution in [1.82, 2.24) is 10.3 Å². The lowest BCUT2D eigenvalue weighted by Gasteiger charge is -2.03. The predicted octanol–water partition coefficient (Wildman–Crippen LogP) is 3.16. The lowest BCUT2D eigenvalue weighted by atomic mass is 10.1. The Balaban J connectivity index is 2.08. The maximum Gasteiger partial charge on any atom is 0.229 e. The molecule has 0 radical (unpaired) electrons. The van der Waals surface area contributed by atoms with Crippen molar-refractivity contribution in [1.29, 1.82) is 0 Å². The summed E-state index contributed by atoms with van der Waals surface area (Å²) in [5.41, 5.74) is 0.470. The number of anilines is 1. The van der Waals surface area contributed by atoms with Gasteiger partial charge in [-0.1, -0.05) is 49.1 Å². The average molecular weight is 304 g/mol. The first-order valence-electron chi connectivity index (χ1n) is 6.03. The van der Waals surface area contributed by atoms with Crippen LogP contribution in [-0.4, -0.2) is 16.2 Å². The Bertz CT molecular complexity index is 521. The number of aryl methyl sites for hydroxylation is 1. The number of carbonyl (C=O) groups excluding carboxylic acids is 1. The minimum Gasteiger partial charge on any atom is -0.306 e. The van der Waals surface area contributed by atoms with Crippen LogP contribution < -0.4 is 5.32 Å². The van der Waals surface area contributed by atoms with E-state index in [1.165, 1.54) is 0 Å². The summed E-state index contributed by atoms with van der Waals surface area (Å²) >= 11 is 11.3. The van der Waals surface area contributed by atoms with Crippen LogP contribution in [0.1, 0.15) is 26.5 Å². The van der Waals surface area contributed by atoms with Gasteiger partial charge in [-0.15, -0.1) is 0 Å². The first-order chi connectivity index (χ1) is 8.87. The van der Waals surface area contributed by atoms with Crippen LogP contribution in [0.4, 0.5) is 5.82 Å². The molecule has 1 aliphatic carbocycles. The highest BCUT2D eigenvalue weighted by Crippen LogP contribution is 2.59. The van der Waals surface area contributed by atoms with E-state index in [1.54, 1.807) is 6.08 Å². The summed E-state index contributed by atoms with van der Waals surface area (Å²) in [4.78, 5) is 12.2. The molecule has 104 valence electrons. The number of hydrogen-bond acceptors (Lipinski definition) is 4. The van der Waals surface area contributed by atoms with Crippen LogP contribution in [0.3, 0.4) is 0 Å². The topological polar surface area (TPSA) is 68.0 Å². The highest BCUT2D eigenvalue weighted by Gasteiger charge is 2.60. The summed E-state index contributed by atoms with van der Waals surface area (Å²) in [5.74, 6) is 0.116. The number of halogens is 2. The highest BCUT2D eigenvalue weighted by atomic mass is 35.5. The minimum atomic E-state index is -0.179. The molecule has 1 fully saturated rings. The Kier molecular flexibility index (Phi) is 3.87. The van der Waals surface area contributed by atoms with E-state index in [4.69, 9.17) is 23.2 Å². The standard InChI is InChI=1S/C12H15Cl2N3O2/c1-4-7-10(17-19-16-7)15-11(18)9-6(5-8(13)14)12(9,2)3/h5-6,9H,4H2,1-3H3,(H,15,17,18). The van der Waals surface area contributed by atoms with Crippen LogP contribution >= 0.6 is 23.2 Å². The molecule has 1 aromatic rings. The molecule has 0 aliphatic heterocycles. The molecule has 1 amide bonds. The Morgan fingerprint density at radius 1 is 1.47 bits per heavy atom. The molecule has 1 N–H and O–H groups in total. The van der Waals surface area contributed by atoms with Gasteiger partial charge in [-0.2, -0.15) is 0 Å². The van der Waals surface area contributed by atoms with Crippen molar-refractivity contribution in [2.45, 2.75) is 27.2 Å². The van der Waals surface area contributed by atoms with Crippen molar-refractivity contribution in [3.8, 4) is 0 Å². The fourth-order valence-electron chi connectivity index (χ4n) is 2.35. The predicted molar refractivity (Wildman–Crippen MR) is 72.9 cm³/mol. The summed E-state index contributed by atoms with van der Waals surface area (Å²) in [7, 11) is 0. The van der Waals surface area contributed by atoms with Crippen LogP contribution in [0.2, 0.25) is 0 Å². The van der Waals surface area contributed by atoms with Crippen molar-refractivity contribution in [3.05, 3.63) is 16.3 Å². The third-order valence-corrected chi connectivity index (χ3v) is 3.88. The Morgan fingerprint density at radius 2 is 2.16 bits per heavy atom. The molecule has 7 heteroatoms. The van der Waals surface area contributed by atoms with Gasteiger partial charge in [0.2, 0.25) is 11.7 Å². The summed E-state index contributed by atoms with van der Waals surface area (Å²) < 4.78 is 4.80. The fourth-order valence-corrected chi connectivity index (χ4v) is 2.62. The van der Waals surface area contributed by atoms with Gasteiger partial charge in [0.25, 0.3) is 0 Å². The SMILES string of the molecule is CCc1nonc1NC(=O)C1C(C=C(Cl)Cl)C1(C)C. The van der Waals surface area contributed by atoms with E-state index >= 15 is 0 Å². The molecule has 19 heavy (non-hydrogen) atoms. The van der Waals surface area contributed by atoms with Crippen molar-refractivity contribution in [3.63, 3.8) is 0 Å². The second-order valence-electron chi connectivity index (χ2n) is 5.18. The number of hydrogen-bond donors (Lipinski definition) is 1.